The first-order chi connectivity index (χ1) is 7.63. The molecule has 1 aromatic rings. The van der Waals surface area contributed by atoms with Crippen LogP contribution in [0.25, 0.3) is 0 Å². The Balaban J connectivity index is 2.47. The van der Waals surface area contributed by atoms with Crippen LogP contribution in [-0.4, -0.2) is 19.5 Å². The van der Waals surface area contributed by atoms with Crippen LogP contribution in [0.15, 0.2) is 18.2 Å². The smallest absolute Gasteiger partial charge is 0.221 e. The lowest BCUT2D eigenvalue weighted by atomic mass is 10.2. The molecule has 0 aromatic heterocycles. The number of benzene rings is 1. The maximum atomic E-state index is 13.1. The molecule has 0 unspecified atom stereocenters. The molecule has 0 aliphatic carbocycles. The summed E-state index contributed by atoms with van der Waals surface area (Å²) in [7, 11) is 1.74. The molecule has 0 fully saturated rings. The molecule has 1 rings (SSSR count). The van der Waals surface area contributed by atoms with Gasteiger partial charge in [-0.05, 0) is 25.2 Å². The third kappa shape index (κ3) is 3.94. The van der Waals surface area contributed by atoms with E-state index in [1.165, 1.54) is 0 Å². The van der Waals surface area contributed by atoms with Crippen LogP contribution in [-0.2, 0) is 11.3 Å². The second-order valence-corrected chi connectivity index (χ2v) is 3.37. The summed E-state index contributed by atoms with van der Waals surface area (Å²) in [5.41, 5.74) is 0.151. The van der Waals surface area contributed by atoms with E-state index < -0.39 is 11.6 Å². The predicted octanol–water partition coefficient (Wildman–Crippen LogP) is 1.19. The van der Waals surface area contributed by atoms with Gasteiger partial charge >= 0.3 is 0 Å². The molecule has 0 heterocycles. The van der Waals surface area contributed by atoms with Gasteiger partial charge in [0.25, 0.3) is 0 Å². The first-order valence-corrected chi connectivity index (χ1v) is 4.98. The highest BCUT2D eigenvalue weighted by molar-refractivity contribution is 5.76. The summed E-state index contributed by atoms with van der Waals surface area (Å²) in [5.74, 6) is -1.23. The van der Waals surface area contributed by atoms with Gasteiger partial charge in [-0.15, -0.1) is 0 Å². The van der Waals surface area contributed by atoms with Crippen molar-refractivity contribution in [3.63, 3.8) is 0 Å². The van der Waals surface area contributed by atoms with Gasteiger partial charge in [-0.2, -0.15) is 0 Å². The minimum absolute atomic E-state index is 0.00609. The number of carbonyl (C=O) groups excluding carboxylic acids is 1. The van der Waals surface area contributed by atoms with Gasteiger partial charge in [0.1, 0.15) is 11.6 Å². The van der Waals surface area contributed by atoms with Crippen molar-refractivity contribution in [1.82, 2.24) is 10.6 Å². The predicted molar refractivity (Wildman–Crippen MR) is 56.7 cm³/mol. The van der Waals surface area contributed by atoms with Gasteiger partial charge in [-0.25, -0.2) is 8.78 Å². The van der Waals surface area contributed by atoms with E-state index in [1.54, 1.807) is 7.05 Å². The Kier molecular flexibility index (Phi) is 4.85. The molecular formula is C11H14F2N2O. The number of amides is 1. The highest BCUT2D eigenvalue weighted by atomic mass is 19.1. The molecule has 0 radical (unpaired) electrons. The fraction of sp³-hybridized carbons (Fsp3) is 0.364. The normalized spacial score (nSPS) is 10.2. The Bertz CT molecular complexity index is 369. The number of rotatable bonds is 5. The van der Waals surface area contributed by atoms with Crippen LogP contribution >= 0.6 is 0 Å². The fourth-order valence-electron chi connectivity index (χ4n) is 1.20. The third-order valence-electron chi connectivity index (χ3n) is 2.09. The summed E-state index contributed by atoms with van der Waals surface area (Å²) in [4.78, 5) is 11.2. The highest BCUT2D eigenvalue weighted by Gasteiger charge is 2.05. The van der Waals surface area contributed by atoms with Crippen molar-refractivity contribution in [3.8, 4) is 0 Å². The van der Waals surface area contributed by atoms with Gasteiger partial charge in [-0.1, -0.05) is 0 Å². The second-order valence-electron chi connectivity index (χ2n) is 3.37. The molecular weight excluding hydrogens is 214 g/mol. The van der Waals surface area contributed by atoms with Crippen LogP contribution in [0.5, 0.6) is 0 Å². The van der Waals surface area contributed by atoms with Gasteiger partial charge in [0, 0.05) is 25.1 Å². The Labute approximate surface area is 92.8 Å². The van der Waals surface area contributed by atoms with Crippen LogP contribution in [0.4, 0.5) is 8.78 Å². The van der Waals surface area contributed by atoms with E-state index in [2.05, 4.69) is 10.6 Å². The summed E-state index contributed by atoms with van der Waals surface area (Å²) in [6.07, 6.45) is 0.313. The van der Waals surface area contributed by atoms with Crippen molar-refractivity contribution in [3.05, 3.63) is 35.4 Å². The number of hydrogen-bond acceptors (Lipinski definition) is 2. The van der Waals surface area contributed by atoms with Crippen molar-refractivity contribution in [2.45, 2.75) is 13.0 Å². The van der Waals surface area contributed by atoms with E-state index in [0.717, 1.165) is 18.2 Å². The van der Waals surface area contributed by atoms with E-state index >= 15 is 0 Å². The molecule has 88 valence electrons. The number of halogens is 2. The summed E-state index contributed by atoms with van der Waals surface area (Å²) < 4.78 is 25.9. The minimum atomic E-state index is -0.518. The van der Waals surface area contributed by atoms with E-state index in [9.17, 15) is 13.6 Å². The quantitative estimate of drug-likeness (QED) is 0.794. The lowest BCUT2D eigenvalue weighted by Crippen LogP contribution is -2.26. The van der Waals surface area contributed by atoms with Gasteiger partial charge in [0.15, 0.2) is 0 Å². The van der Waals surface area contributed by atoms with E-state index in [-0.39, 0.29) is 18.0 Å². The molecule has 1 amide bonds. The Morgan fingerprint density at radius 3 is 2.81 bits per heavy atom. The molecule has 1 aromatic carbocycles. The van der Waals surface area contributed by atoms with Crippen molar-refractivity contribution in [1.29, 1.82) is 0 Å². The van der Waals surface area contributed by atoms with Gasteiger partial charge in [0.2, 0.25) is 5.91 Å². The van der Waals surface area contributed by atoms with Crippen LogP contribution < -0.4 is 10.6 Å². The van der Waals surface area contributed by atoms with E-state index in [1.807, 2.05) is 0 Å². The van der Waals surface area contributed by atoms with Crippen LogP contribution in [0.3, 0.4) is 0 Å². The van der Waals surface area contributed by atoms with E-state index in [4.69, 9.17) is 0 Å². The highest BCUT2D eigenvalue weighted by Crippen LogP contribution is 2.09. The van der Waals surface area contributed by atoms with Crippen molar-refractivity contribution < 1.29 is 13.6 Å². The van der Waals surface area contributed by atoms with Gasteiger partial charge in [0.05, 0.1) is 0 Å². The zero-order chi connectivity index (χ0) is 12.0. The zero-order valence-corrected chi connectivity index (χ0v) is 9.02. The Morgan fingerprint density at radius 1 is 1.38 bits per heavy atom. The van der Waals surface area contributed by atoms with Crippen LogP contribution in [0.2, 0.25) is 0 Å². The minimum Gasteiger partial charge on any atom is -0.352 e. The average molecular weight is 228 g/mol. The molecule has 0 spiro atoms. The maximum absolute atomic E-state index is 13.1. The Morgan fingerprint density at radius 2 is 2.12 bits per heavy atom. The molecule has 0 aliphatic rings. The molecule has 0 atom stereocenters. The van der Waals surface area contributed by atoms with Crippen LogP contribution in [0.1, 0.15) is 12.0 Å². The fourth-order valence-corrected chi connectivity index (χ4v) is 1.20. The number of hydrogen-bond donors (Lipinski definition) is 2. The SMILES string of the molecule is CNCCC(=O)NCc1cc(F)ccc1F. The summed E-state index contributed by atoms with van der Waals surface area (Å²) >= 11 is 0. The molecule has 0 saturated heterocycles. The standard InChI is InChI=1S/C11H14F2N2O/c1-14-5-4-11(16)15-7-8-6-9(12)2-3-10(8)13/h2-3,6,14H,4-5,7H2,1H3,(H,15,16). The molecule has 3 nitrogen and oxygen atoms in total. The first-order valence-electron chi connectivity index (χ1n) is 4.98. The molecule has 2 N–H and O–H groups in total. The second kappa shape index (κ2) is 6.17. The number of carbonyl (C=O) groups is 1. The molecule has 0 aliphatic heterocycles. The topological polar surface area (TPSA) is 41.1 Å². The largest absolute Gasteiger partial charge is 0.352 e. The molecule has 5 heteroatoms. The summed E-state index contributed by atoms with van der Waals surface area (Å²) in [6, 6.07) is 3.17. The van der Waals surface area contributed by atoms with Gasteiger partial charge in [-0.3, -0.25) is 4.79 Å². The van der Waals surface area contributed by atoms with Crippen molar-refractivity contribution in [2.75, 3.05) is 13.6 Å². The number of nitrogens with one attached hydrogen (secondary N) is 2. The average Bonchev–Trinajstić information content (AvgIpc) is 2.27. The summed E-state index contributed by atoms with van der Waals surface area (Å²) in [5, 5.41) is 5.34. The Hall–Kier alpha value is -1.49. The lowest BCUT2D eigenvalue weighted by Gasteiger charge is -2.06. The maximum Gasteiger partial charge on any atom is 0.221 e. The first kappa shape index (κ1) is 12.6. The third-order valence-corrected chi connectivity index (χ3v) is 2.09. The van der Waals surface area contributed by atoms with E-state index in [0.29, 0.717) is 13.0 Å². The van der Waals surface area contributed by atoms with Gasteiger partial charge < -0.3 is 10.6 Å². The molecule has 16 heavy (non-hydrogen) atoms. The monoisotopic (exact) mass is 228 g/mol. The molecule has 0 bridgehead atoms. The zero-order valence-electron chi connectivity index (χ0n) is 9.02. The summed E-state index contributed by atoms with van der Waals surface area (Å²) in [6.45, 7) is 0.559. The molecule has 0 saturated carbocycles. The van der Waals surface area contributed by atoms with Crippen LogP contribution in [0, 0.1) is 11.6 Å². The lowest BCUT2D eigenvalue weighted by molar-refractivity contribution is -0.121. The van der Waals surface area contributed by atoms with Crippen molar-refractivity contribution >= 4 is 5.91 Å². The van der Waals surface area contributed by atoms with Crippen molar-refractivity contribution in [2.24, 2.45) is 0 Å².